The van der Waals surface area contributed by atoms with Crippen molar-refractivity contribution in [2.75, 3.05) is 0 Å². The van der Waals surface area contributed by atoms with Gasteiger partial charge in [0.2, 0.25) is 0 Å². The van der Waals surface area contributed by atoms with Gasteiger partial charge in [0.15, 0.2) is 0 Å². The molecule has 4 heteroatoms. The third-order valence-electron chi connectivity index (χ3n) is 1.74. The molecule has 1 N–H and O–H groups in total. The lowest BCUT2D eigenvalue weighted by Gasteiger charge is -2.22. The number of hydrogen-bond acceptors (Lipinski definition) is 3. The Bertz CT molecular complexity index is 208. The predicted molar refractivity (Wildman–Crippen MR) is 58.7 cm³/mol. The van der Waals surface area contributed by atoms with E-state index in [1.165, 1.54) is 0 Å². The number of rotatable bonds is 5. The van der Waals surface area contributed by atoms with Crippen LogP contribution in [0, 0.1) is 0 Å². The molecule has 0 bridgehead atoms. The van der Waals surface area contributed by atoms with Gasteiger partial charge in [0.25, 0.3) is 0 Å². The Morgan fingerprint density at radius 1 is 1.47 bits per heavy atom. The van der Waals surface area contributed by atoms with E-state index in [1.54, 1.807) is 20.8 Å². The maximum Gasteiger partial charge on any atom is 0.407 e. The van der Waals surface area contributed by atoms with Crippen molar-refractivity contribution in [1.29, 1.82) is 0 Å². The van der Waals surface area contributed by atoms with E-state index in [1.807, 2.05) is 6.92 Å². The van der Waals surface area contributed by atoms with Crippen molar-refractivity contribution < 1.29 is 14.3 Å². The summed E-state index contributed by atoms with van der Waals surface area (Å²) in [6, 6.07) is -0.109. The van der Waals surface area contributed by atoms with Crippen molar-refractivity contribution in [2.45, 2.75) is 58.6 Å². The number of alkyl carbamates (subject to hydrolysis) is 1. The zero-order chi connectivity index (χ0) is 11.9. The molecule has 1 amide bonds. The fourth-order valence-corrected chi connectivity index (χ4v) is 1.19. The zero-order valence-electron chi connectivity index (χ0n) is 10.0. The number of ether oxygens (including phenoxy) is 1. The standard InChI is InChI=1S/C11H21NO3/c1-5-6-9(7-8-13)12-10(14)15-11(2,3)4/h8-9H,5-7H2,1-4H3,(H,12,14)/t9-/m1/s1. The van der Waals surface area contributed by atoms with Crippen LogP contribution in [0.25, 0.3) is 0 Å². The molecule has 0 unspecified atom stereocenters. The van der Waals surface area contributed by atoms with Gasteiger partial charge in [0.05, 0.1) is 0 Å². The van der Waals surface area contributed by atoms with Crippen LogP contribution in [-0.4, -0.2) is 24.0 Å². The van der Waals surface area contributed by atoms with E-state index < -0.39 is 11.7 Å². The van der Waals surface area contributed by atoms with E-state index in [2.05, 4.69) is 5.32 Å². The summed E-state index contributed by atoms with van der Waals surface area (Å²) in [5.74, 6) is 0. The highest BCUT2D eigenvalue weighted by Crippen LogP contribution is 2.08. The SMILES string of the molecule is CCC[C@H](CC=O)NC(=O)OC(C)(C)C. The topological polar surface area (TPSA) is 55.4 Å². The van der Waals surface area contributed by atoms with Crippen molar-refractivity contribution in [3.05, 3.63) is 0 Å². The van der Waals surface area contributed by atoms with Crippen molar-refractivity contribution in [1.82, 2.24) is 5.32 Å². The summed E-state index contributed by atoms with van der Waals surface area (Å²) in [5.41, 5.74) is -0.498. The molecule has 0 aromatic heterocycles. The molecular weight excluding hydrogens is 194 g/mol. The second-order valence-corrected chi connectivity index (χ2v) is 4.53. The first kappa shape index (κ1) is 13.9. The molecule has 0 saturated heterocycles. The van der Waals surface area contributed by atoms with Gasteiger partial charge in [-0.2, -0.15) is 0 Å². The Hall–Kier alpha value is -1.06. The molecule has 0 heterocycles. The fourth-order valence-electron chi connectivity index (χ4n) is 1.19. The molecule has 0 saturated carbocycles. The Morgan fingerprint density at radius 3 is 2.47 bits per heavy atom. The molecule has 1 atom stereocenters. The summed E-state index contributed by atoms with van der Waals surface area (Å²) in [7, 11) is 0. The molecule has 0 aromatic carbocycles. The number of carbonyl (C=O) groups excluding carboxylic acids is 2. The molecule has 0 aliphatic rings. The lowest BCUT2D eigenvalue weighted by molar-refractivity contribution is -0.108. The molecular formula is C11H21NO3. The van der Waals surface area contributed by atoms with Crippen molar-refractivity contribution in [3.8, 4) is 0 Å². The number of hydrogen-bond donors (Lipinski definition) is 1. The molecule has 15 heavy (non-hydrogen) atoms. The second-order valence-electron chi connectivity index (χ2n) is 4.53. The third-order valence-corrected chi connectivity index (χ3v) is 1.74. The lowest BCUT2D eigenvalue weighted by atomic mass is 10.1. The summed E-state index contributed by atoms with van der Waals surface area (Å²) in [6.45, 7) is 7.43. The van der Waals surface area contributed by atoms with Crippen molar-refractivity contribution in [2.24, 2.45) is 0 Å². The van der Waals surface area contributed by atoms with Crippen LogP contribution in [0.1, 0.15) is 47.0 Å². The van der Waals surface area contributed by atoms with Crippen LogP contribution in [0.4, 0.5) is 4.79 Å². The Morgan fingerprint density at radius 2 is 2.07 bits per heavy atom. The highest BCUT2D eigenvalue weighted by atomic mass is 16.6. The largest absolute Gasteiger partial charge is 0.444 e. The molecule has 0 aliphatic heterocycles. The van der Waals surface area contributed by atoms with Crippen LogP contribution in [0.15, 0.2) is 0 Å². The van der Waals surface area contributed by atoms with Crippen LogP contribution in [0.2, 0.25) is 0 Å². The van der Waals surface area contributed by atoms with Gasteiger partial charge in [0, 0.05) is 12.5 Å². The van der Waals surface area contributed by atoms with E-state index in [4.69, 9.17) is 4.74 Å². The van der Waals surface area contributed by atoms with Gasteiger partial charge >= 0.3 is 6.09 Å². The van der Waals surface area contributed by atoms with Gasteiger partial charge in [-0.1, -0.05) is 13.3 Å². The second kappa shape index (κ2) is 6.43. The Labute approximate surface area is 91.4 Å². The van der Waals surface area contributed by atoms with Gasteiger partial charge < -0.3 is 14.8 Å². The van der Waals surface area contributed by atoms with Crippen LogP contribution < -0.4 is 5.32 Å². The van der Waals surface area contributed by atoms with Crippen LogP contribution >= 0.6 is 0 Å². The normalized spacial score (nSPS) is 13.1. The summed E-state index contributed by atoms with van der Waals surface area (Å²) >= 11 is 0. The molecule has 0 aromatic rings. The molecule has 0 spiro atoms. The summed E-state index contributed by atoms with van der Waals surface area (Å²) in [4.78, 5) is 21.7. The van der Waals surface area contributed by atoms with Crippen LogP contribution in [-0.2, 0) is 9.53 Å². The van der Waals surface area contributed by atoms with E-state index in [-0.39, 0.29) is 6.04 Å². The van der Waals surface area contributed by atoms with Gasteiger partial charge in [-0.3, -0.25) is 0 Å². The lowest BCUT2D eigenvalue weighted by Crippen LogP contribution is -2.39. The van der Waals surface area contributed by atoms with Gasteiger partial charge in [-0.05, 0) is 27.2 Å². The molecule has 0 fully saturated rings. The van der Waals surface area contributed by atoms with E-state index in [0.717, 1.165) is 19.1 Å². The predicted octanol–water partition coefficient (Wildman–Crippen LogP) is 2.27. The monoisotopic (exact) mass is 215 g/mol. The number of nitrogens with one attached hydrogen (secondary N) is 1. The van der Waals surface area contributed by atoms with Gasteiger partial charge in [-0.15, -0.1) is 0 Å². The van der Waals surface area contributed by atoms with E-state index >= 15 is 0 Å². The van der Waals surface area contributed by atoms with E-state index in [9.17, 15) is 9.59 Å². The third kappa shape index (κ3) is 7.97. The minimum Gasteiger partial charge on any atom is -0.444 e. The Balaban J connectivity index is 4.04. The highest BCUT2D eigenvalue weighted by molar-refractivity contribution is 5.68. The van der Waals surface area contributed by atoms with Crippen LogP contribution in [0.5, 0.6) is 0 Å². The first-order chi connectivity index (χ1) is 6.89. The first-order valence-electron chi connectivity index (χ1n) is 5.32. The molecule has 88 valence electrons. The van der Waals surface area contributed by atoms with Crippen molar-refractivity contribution >= 4 is 12.4 Å². The molecule has 0 aliphatic carbocycles. The molecule has 0 radical (unpaired) electrons. The smallest absolute Gasteiger partial charge is 0.407 e. The van der Waals surface area contributed by atoms with Gasteiger partial charge in [0.1, 0.15) is 11.9 Å². The maximum absolute atomic E-state index is 11.4. The highest BCUT2D eigenvalue weighted by Gasteiger charge is 2.18. The maximum atomic E-state index is 11.4. The van der Waals surface area contributed by atoms with Gasteiger partial charge in [-0.25, -0.2) is 4.79 Å². The minimum absolute atomic E-state index is 0.109. The molecule has 0 rings (SSSR count). The summed E-state index contributed by atoms with van der Waals surface area (Å²) in [6.07, 6.45) is 2.42. The number of amides is 1. The average molecular weight is 215 g/mol. The number of carbonyl (C=O) groups is 2. The minimum atomic E-state index is -0.498. The number of aldehydes is 1. The first-order valence-corrected chi connectivity index (χ1v) is 5.32. The Kier molecular flexibility index (Phi) is 5.97. The van der Waals surface area contributed by atoms with Crippen LogP contribution in [0.3, 0.4) is 0 Å². The van der Waals surface area contributed by atoms with Crippen molar-refractivity contribution in [3.63, 3.8) is 0 Å². The summed E-state index contributed by atoms with van der Waals surface area (Å²) in [5, 5.41) is 2.68. The van der Waals surface area contributed by atoms with E-state index in [0.29, 0.717) is 6.42 Å². The zero-order valence-corrected chi connectivity index (χ0v) is 10.0. The molecule has 4 nitrogen and oxygen atoms in total. The quantitative estimate of drug-likeness (QED) is 0.716. The summed E-state index contributed by atoms with van der Waals surface area (Å²) < 4.78 is 5.09. The average Bonchev–Trinajstić information content (AvgIpc) is 2.00. The fraction of sp³-hybridized carbons (Fsp3) is 0.818.